The summed E-state index contributed by atoms with van der Waals surface area (Å²) in [5.74, 6) is -1.24. The van der Waals surface area contributed by atoms with Crippen LogP contribution in [0.3, 0.4) is 0 Å². The van der Waals surface area contributed by atoms with Crippen LogP contribution in [0.4, 0.5) is 4.79 Å². The average Bonchev–Trinajstić information content (AvgIpc) is 2.11. The summed E-state index contributed by atoms with van der Waals surface area (Å²) in [5, 5.41) is 20.1. The molecule has 0 aromatic carbocycles. The van der Waals surface area contributed by atoms with Gasteiger partial charge < -0.3 is 20.3 Å². The van der Waals surface area contributed by atoms with E-state index >= 15 is 0 Å². The zero-order valence-electron chi connectivity index (χ0n) is 12.5. The Bertz CT molecular complexity index is 345. The first-order valence-electron chi connectivity index (χ1n) is 6.22. The van der Waals surface area contributed by atoms with E-state index in [1.54, 1.807) is 40.4 Å². The molecule has 1 amide bonds. The molecule has 6 nitrogen and oxygen atoms in total. The molecule has 0 saturated carbocycles. The molecular weight excluding hydrogens is 266 g/mol. The summed E-state index contributed by atoms with van der Waals surface area (Å²) in [6, 6.07) is 0. The predicted octanol–water partition coefficient (Wildman–Crippen LogP) is 1.59. The second kappa shape index (κ2) is 5.92. The van der Waals surface area contributed by atoms with E-state index in [1.165, 1.54) is 0 Å². The van der Waals surface area contributed by atoms with Crippen LogP contribution in [0.1, 0.15) is 27.2 Å². The minimum atomic E-state index is -2.33. The van der Waals surface area contributed by atoms with E-state index in [4.69, 9.17) is 9.84 Å². The molecule has 0 fully saturated rings. The number of ether oxygens (including phenoxy) is 1. The molecule has 0 unspecified atom stereocenters. The predicted molar refractivity (Wildman–Crippen MR) is 74.8 cm³/mol. The van der Waals surface area contributed by atoms with Gasteiger partial charge in [-0.25, -0.2) is 9.59 Å². The van der Waals surface area contributed by atoms with Crippen LogP contribution in [-0.4, -0.2) is 47.7 Å². The van der Waals surface area contributed by atoms with Gasteiger partial charge in [0.15, 0.2) is 0 Å². The second-order valence-corrected chi connectivity index (χ2v) is 11.9. The van der Waals surface area contributed by atoms with E-state index < -0.39 is 31.0 Å². The molecule has 3 N–H and O–H groups in total. The van der Waals surface area contributed by atoms with Crippen molar-refractivity contribution in [2.24, 2.45) is 0 Å². The van der Waals surface area contributed by atoms with Gasteiger partial charge in [0, 0.05) is 13.0 Å². The molecule has 0 spiro atoms. The van der Waals surface area contributed by atoms with Gasteiger partial charge in [-0.05, 0) is 20.8 Å². The number of carbonyl (C=O) groups excluding carboxylic acids is 1. The number of hydrogen-bond donors (Lipinski definition) is 3. The van der Waals surface area contributed by atoms with Gasteiger partial charge in [-0.15, -0.1) is 0 Å². The molecule has 0 heterocycles. The lowest BCUT2D eigenvalue weighted by Gasteiger charge is -2.34. The summed E-state index contributed by atoms with van der Waals surface area (Å²) >= 11 is 0. The lowest BCUT2D eigenvalue weighted by molar-refractivity contribution is -0.151. The molecule has 0 aliphatic carbocycles. The van der Waals surface area contributed by atoms with Crippen molar-refractivity contribution in [3.63, 3.8) is 0 Å². The summed E-state index contributed by atoms with van der Waals surface area (Å²) in [7, 11) is -2.33. The summed E-state index contributed by atoms with van der Waals surface area (Å²) < 4.78 is 5.03. The SMILES string of the molecule is CC(C)(C)OC(=O)NCC[C@@](O)(C(=O)O)[Si](C)(C)C. The highest BCUT2D eigenvalue weighted by Crippen LogP contribution is 2.24. The Kier molecular flexibility index (Phi) is 5.58. The highest BCUT2D eigenvalue weighted by Gasteiger charge is 2.48. The largest absolute Gasteiger partial charge is 0.479 e. The molecule has 0 aliphatic rings. The summed E-state index contributed by atoms with van der Waals surface area (Å²) in [6.07, 6.45) is -0.645. The molecule has 7 heteroatoms. The van der Waals surface area contributed by atoms with E-state index in [9.17, 15) is 14.7 Å². The fraction of sp³-hybridized carbons (Fsp3) is 0.833. The van der Waals surface area contributed by atoms with Crippen molar-refractivity contribution in [1.29, 1.82) is 0 Å². The van der Waals surface area contributed by atoms with Crippen LogP contribution in [0, 0.1) is 0 Å². The quantitative estimate of drug-likeness (QED) is 0.669. The molecular formula is C12H25NO5Si. The van der Waals surface area contributed by atoms with Crippen molar-refractivity contribution in [3.8, 4) is 0 Å². The van der Waals surface area contributed by atoms with E-state index in [0.717, 1.165) is 0 Å². The zero-order chi connectivity index (χ0) is 15.5. The maximum absolute atomic E-state index is 11.4. The number of aliphatic carboxylic acids is 1. The van der Waals surface area contributed by atoms with Gasteiger partial charge in [-0.3, -0.25) is 0 Å². The Hall–Kier alpha value is -1.08. The zero-order valence-corrected chi connectivity index (χ0v) is 13.5. The van der Waals surface area contributed by atoms with Crippen LogP contribution in [0.2, 0.25) is 19.6 Å². The molecule has 1 atom stereocenters. The standard InChI is InChI=1S/C12H25NO5Si/c1-11(2,3)18-10(16)13-8-7-12(17,9(14)15)19(4,5)6/h17H,7-8H2,1-6H3,(H,13,16)(H,14,15)/t12-/m0/s1. The molecule has 0 bridgehead atoms. The summed E-state index contributed by atoms with van der Waals surface area (Å²) in [4.78, 5) is 22.6. The molecule has 0 saturated heterocycles. The number of rotatable bonds is 5. The van der Waals surface area contributed by atoms with E-state index in [-0.39, 0.29) is 13.0 Å². The normalized spacial score (nSPS) is 15.5. The molecule has 19 heavy (non-hydrogen) atoms. The fourth-order valence-electron chi connectivity index (χ4n) is 1.46. The Balaban J connectivity index is 4.47. The van der Waals surface area contributed by atoms with Crippen molar-refractivity contribution in [1.82, 2.24) is 5.32 Å². The van der Waals surface area contributed by atoms with Gasteiger partial charge in [0.1, 0.15) is 10.8 Å². The van der Waals surface area contributed by atoms with Crippen molar-refractivity contribution < 1.29 is 24.5 Å². The monoisotopic (exact) mass is 291 g/mol. The van der Waals surface area contributed by atoms with Crippen molar-refractivity contribution in [2.45, 2.75) is 57.7 Å². The van der Waals surface area contributed by atoms with Gasteiger partial charge >= 0.3 is 12.1 Å². The third kappa shape index (κ3) is 5.60. The van der Waals surface area contributed by atoms with E-state index in [2.05, 4.69) is 5.32 Å². The minimum absolute atomic E-state index is 0.0305. The number of alkyl carbamates (subject to hydrolysis) is 1. The number of carboxylic acid groups (broad SMARTS) is 1. The number of carboxylic acids is 1. The molecule has 0 aromatic heterocycles. The van der Waals surface area contributed by atoms with Crippen molar-refractivity contribution >= 4 is 20.1 Å². The van der Waals surface area contributed by atoms with Gasteiger partial charge in [-0.1, -0.05) is 19.6 Å². The Morgan fingerprint density at radius 2 is 1.68 bits per heavy atom. The van der Waals surface area contributed by atoms with Crippen molar-refractivity contribution in [2.75, 3.05) is 6.54 Å². The number of hydrogen-bond acceptors (Lipinski definition) is 4. The molecule has 0 aliphatic heterocycles. The van der Waals surface area contributed by atoms with E-state index in [0.29, 0.717) is 0 Å². The Morgan fingerprint density at radius 1 is 1.21 bits per heavy atom. The molecule has 112 valence electrons. The third-order valence-corrected chi connectivity index (χ3v) is 5.69. The fourth-order valence-corrected chi connectivity index (χ4v) is 2.98. The van der Waals surface area contributed by atoms with Crippen LogP contribution in [0.15, 0.2) is 0 Å². The van der Waals surface area contributed by atoms with Gasteiger partial charge in [0.05, 0.1) is 8.07 Å². The van der Waals surface area contributed by atoms with Gasteiger partial charge in [0.25, 0.3) is 0 Å². The van der Waals surface area contributed by atoms with Crippen LogP contribution in [0.5, 0.6) is 0 Å². The van der Waals surface area contributed by atoms with Gasteiger partial charge in [-0.2, -0.15) is 0 Å². The molecule has 0 rings (SSSR count). The lowest BCUT2D eigenvalue weighted by Crippen LogP contribution is -2.59. The first-order valence-corrected chi connectivity index (χ1v) is 9.72. The highest BCUT2D eigenvalue weighted by atomic mass is 28.3. The lowest BCUT2D eigenvalue weighted by atomic mass is 10.2. The van der Waals surface area contributed by atoms with Crippen LogP contribution < -0.4 is 5.32 Å². The second-order valence-electron chi connectivity index (χ2n) is 6.59. The molecule has 0 aromatic rings. The minimum Gasteiger partial charge on any atom is -0.479 e. The maximum Gasteiger partial charge on any atom is 0.407 e. The Morgan fingerprint density at radius 3 is 2.00 bits per heavy atom. The first kappa shape index (κ1) is 17.9. The maximum atomic E-state index is 11.4. The number of amides is 1. The molecule has 0 radical (unpaired) electrons. The highest BCUT2D eigenvalue weighted by molar-refractivity contribution is 6.81. The van der Waals surface area contributed by atoms with Gasteiger partial charge in [0.2, 0.25) is 0 Å². The average molecular weight is 291 g/mol. The Labute approximate surface area is 115 Å². The topological polar surface area (TPSA) is 95.9 Å². The van der Waals surface area contributed by atoms with Crippen molar-refractivity contribution in [3.05, 3.63) is 0 Å². The summed E-state index contributed by atoms with van der Waals surface area (Å²) in [5.41, 5.74) is -0.605. The smallest absolute Gasteiger partial charge is 0.407 e. The van der Waals surface area contributed by atoms with E-state index in [1.807, 2.05) is 0 Å². The number of carbonyl (C=O) groups is 2. The number of aliphatic hydroxyl groups is 1. The first-order chi connectivity index (χ1) is 8.29. The van der Waals surface area contributed by atoms with Crippen LogP contribution in [-0.2, 0) is 9.53 Å². The van der Waals surface area contributed by atoms with Crippen LogP contribution in [0.25, 0.3) is 0 Å². The van der Waals surface area contributed by atoms with Crippen LogP contribution >= 0.6 is 0 Å². The third-order valence-electron chi connectivity index (χ3n) is 2.75. The summed E-state index contributed by atoms with van der Waals surface area (Å²) in [6.45, 7) is 10.6. The number of nitrogens with one attached hydrogen (secondary N) is 1.